The van der Waals surface area contributed by atoms with Crippen LogP contribution in [0, 0.1) is 6.92 Å². The molecule has 6 heteroatoms. The zero-order valence-corrected chi connectivity index (χ0v) is 9.37. The first-order chi connectivity index (χ1) is 7.36. The SMILES string of the molecule is Cc1[nH]cnc1CSCCn1cnnc1. The van der Waals surface area contributed by atoms with E-state index in [-0.39, 0.29) is 0 Å². The van der Waals surface area contributed by atoms with Crippen molar-refractivity contribution in [2.75, 3.05) is 5.75 Å². The van der Waals surface area contributed by atoms with Crippen LogP contribution < -0.4 is 0 Å². The number of hydrogen-bond acceptors (Lipinski definition) is 4. The summed E-state index contributed by atoms with van der Waals surface area (Å²) in [4.78, 5) is 7.32. The smallest absolute Gasteiger partial charge is 0.119 e. The zero-order chi connectivity index (χ0) is 10.5. The topological polar surface area (TPSA) is 59.4 Å². The molecule has 0 saturated heterocycles. The van der Waals surface area contributed by atoms with Gasteiger partial charge >= 0.3 is 0 Å². The predicted molar refractivity (Wildman–Crippen MR) is 59.5 cm³/mol. The van der Waals surface area contributed by atoms with Gasteiger partial charge in [-0.25, -0.2) is 4.98 Å². The summed E-state index contributed by atoms with van der Waals surface area (Å²) in [5, 5.41) is 7.50. The molecule has 0 bridgehead atoms. The molecule has 0 spiro atoms. The molecule has 1 N–H and O–H groups in total. The van der Waals surface area contributed by atoms with E-state index >= 15 is 0 Å². The van der Waals surface area contributed by atoms with Gasteiger partial charge in [0, 0.05) is 23.7 Å². The fraction of sp³-hybridized carbons (Fsp3) is 0.444. The van der Waals surface area contributed by atoms with Crippen molar-refractivity contribution < 1.29 is 0 Å². The molecule has 2 heterocycles. The number of imidazole rings is 1. The van der Waals surface area contributed by atoms with Crippen molar-refractivity contribution in [1.29, 1.82) is 0 Å². The molecule has 0 fully saturated rings. The van der Waals surface area contributed by atoms with Gasteiger partial charge in [0.1, 0.15) is 12.7 Å². The van der Waals surface area contributed by atoms with Crippen molar-refractivity contribution >= 4 is 11.8 Å². The Labute approximate surface area is 92.3 Å². The van der Waals surface area contributed by atoms with Crippen molar-refractivity contribution in [1.82, 2.24) is 24.7 Å². The summed E-state index contributed by atoms with van der Waals surface area (Å²) in [7, 11) is 0. The molecule has 0 amide bonds. The maximum absolute atomic E-state index is 4.24. The number of nitrogens with one attached hydrogen (secondary N) is 1. The Kier molecular flexibility index (Phi) is 3.39. The van der Waals surface area contributed by atoms with Gasteiger partial charge in [0.05, 0.1) is 12.0 Å². The van der Waals surface area contributed by atoms with E-state index in [0.717, 1.165) is 29.4 Å². The quantitative estimate of drug-likeness (QED) is 0.775. The van der Waals surface area contributed by atoms with E-state index in [1.807, 2.05) is 23.3 Å². The third-order valence-electron chi connectivity index (χ3n) is 2.13. The Morgan fingerprint density at radius 2 is 2.20 bits per heavy atom. The minimum atomic E-state index is 0.946. The Hall–Kier alpha value is -1.30. The van der Waals surface area contributed by atoms with Gasteiger partial charge in [-0.1, -0.05) is 0 Å². The summed E-state index contributed by atoms with van der Waals surface area (Å²) in [6, 6.07) is 0. The largest absolute Gasteiger partial charge is 0.348 e. The van der Waals surface area contributed by atoms with Crippen LogP contribution in [0.4, 0.5) is 0 Å². The van der Waals surface area contributed by atoms with Crippen molar-refractivity contribution in [3.8, 4) is 0 Å². The Morgan fingerprint density at radius 1 is 1.40 bits per heavy atom. The van der Waals surface area contributed by atoms with E-state index in [1.165, 1.54) is 0 Å². The molecule has 0 unspecified atom stereocenters. The Bertz CT molecular complexity index is 394. The number of aromatic nitrogens is 5. The lowest BCUT2D eigenvalue weighted by molar-refractivity contribution is 0.767. The van der Waals surface area contributed by atoms with Gasteiger partial charge in [0.25, 0.3) is 0 Å². The van der Waals surface area contributed by atoms with E-state index < -0.39 is 0 Å². The highest BCUT2D eigenvalue weighted by Crippen LogP contribution is 2.12. The highest BCUT2D eigenvalue weighted by Gasteiger charge is 2.00. The molecule has 2 aromatic heterocycles. The van der Waals surface area contributed by atoms with Crippen molar-refractivity contribution in [2.45, 2.75) is 19.2 Å². The van der Waals surface area contributed by atoms with Gasteiger partial charge in [0.15, 0.2) is 0 Å². The molecule has 0 aliphatic rings. The van der Waals surface area contributed by atoms with Crippen molar-refractivity contribution in [2.24, 2.45) is 0 Å². The van der Waals surface area contributed by atoms with E-state index in [1.54, 1.807) is 19.0 Å². The van der Waals surface area contributed by atoms with Crippen LogP contribution in [0.3, 0.4) is 0 Å². The summed E-state index contributed by atoms with van der Waals surface area (Å²) in [5.74, 6) is 2.00. The standard InChI is InChI=1S/C9H13N5S/c1-8-9(11-5-10-8)4-15-3-2-14-6-12-13-7-14/h5-7H,2-4H2,1H3,(H,10,11). The lowest BCUT2D eigenvalue weighted by atomic mass is 10.4. The predicted octanol–water partition coefficient (Wildman–Crippen LogP) is 1.24. The average molecular weight is 223 g/mol. The molecule has 0 aliphatic carbocycles. The highest BCUT2D eigenvalue weighted by molar-refractivity contribution is 7.98. The normalized spacial score (nSPS) is 10.7. The minimum absolute atomic E-state index is 0.946. The first-order valence-corrected chi connectivity index (χ1v) is 5.91. The van der Waals surface area contributed by atoms with Crippen LogP contribution in [0.25, 0.3) is 0 Å². The van der Waals surface area contributed by atoms with Gasteiger partial charge in [-0.3, -0.25) is 0 Å². The third-order valence-corrected chi connectivity index (χ3v) is 3.08. The van der Waals surface area contributed by atoms with Crippen LogP contribution >= 0.6 is 11.8 Å². The summed E-state index contributed by atoms with van der Waals surface area (Å²) < 4.78 is 1.98. The first kappa shape index (κ1) is 10.2. The monoisotopic (exact) mass is 223 g/mol. The van der Waals surface area contributed by atoms with Crippen LogP contribution in [0.1, 0.15) is 11.4 Å². The van der Waals surface area contributed by atoms with Crippen molar-refractivity contribution in [3.05, 3.63) is 30.4 Å². The summed E-state index contributed by atoms with van der Waals surface area (Å²) in [6.07, 6.45) is 5.21. The van der Waals surface area contributed by atoms with E-state index in [2.05, 4.69) is 20.2 Å². The molecular weight excluding hydrogens is 210 g/mol. The molecule has 0 aromatic carbocycles. The fourth-order valence-corrected chi connectivity index (χ4v) is 2.18. The number of aromatic amines is 1. The van der Waals surface area contributed by atoms with Gasteiger partial charge in [-0.15, -0.1) is 10.2 Å². The maximum atomic E-state index is 4.24. The van der Waals surface area contributed by atoms with E-state index in [9.17, 15) is 0 Å². The summed E-state index contributed by atoms with van der Waals surface area (Å²) in [6.45, 7) is 2.99. The second-order valence-corrected chi connectivity index (χ2v) is 4.33. The molecule has 0 aliphatic heterocycles. The maximum Gasteiger partial charge on any atom is 0.119 e. The average Bonchev–Trinajstić information content (AvgIpc) is 2.85. The van der Waals surface area contributed by atoms with Gasteiger partial charge in [-0.2, -0.15) is 11.8 Å². The highest BCUT2D eigenvalue weighted by atomic mass is 32.2. The second-order valence-electron chi connectivity index (χ2n) is 3.23. The van der Waals surface area contributed by atoms with Crippen LogP contribution in [-0.2, 0) is 12.3 Å². The number of thioether (sulfide) groups is 1. The molecule has 0 saturated carbocycles. The lowest BCUT2D eigenvalue weighted by Gasteiger charge is -2.00. The number of hydrogen-bond donors (Lipinski definition) is 1. The molecule has 0 atom stereocenters. The van der Waals surface area contributed by atoms with E-state index in [0.29, 0.717) is 0 Å². The Balaban J connectivity index is 1.70. The first-order valence-electron chi connectivity index (χ1n) is 4.75. The molecule has 2 rings (SSSR count). The Morgan fingerprint density at radius 3 is 2.87 bits per heavy atom. The van der Waals surface area contributed by atoms with Gasteiger partial charge in [0.2, 0.25) is 0 Å². The van der Waals surface area contributed by atoms with Crippen LogP contribution in [0.2, 0.25) is 0 Å². The van der Waals surface area contributed by atoms with Gasteiger partial charge < -0.3 is 9.55 Å². The molecule has 2 aromatic rings. The third kappa shape index (κ3) is 2.82. The second kappa shape index (κ2) is 4.97. The number of rotatable bonds is 5. The fourth-order valence-electron chi connectivity index (χ4n) is 1.21. The molecule has 5 nitrogen and oxygen atoms in total. The summed E-state index contributed by atoms with van der Waals surface area (Å²) >= 11 is 1.86. The zero-order valence-electron chi connectivity index (χ0n) is 8.55. The lowest BCUT2D eigenvalue weighted by Crippen LogP contribution is -1.97. The van der Waals surface area contributed by atoms with Crippen LogP contribution in [-0.4, -0.2) is 30.5 Å². The van der Waals surface area contributed by atoms with Gasteiger partial charge in [-0.05, 0) is 6.92 Å². The number of H-pyrrole nitrogens is 1. The molecule has 0 radical (unpaired) electrons. The molecular formula is C9H13N5S. The number of nitrogens with zero attached hydrogens (tertiary/aromatic N) is 4. The minimum Gasteiger partial charge on any atom is -0.348 e. The van der Waals surface area contributed by atoms with E-state index in [4.69, 9.17) is 0 Å². The summed E-state index contributed by atoms with van der Waals surface area (Å²) in [5.41, 5.74) is 2.30. The molecule has 80 valence electrons. The molecule has 15 heavy (non-hydrogen) atoms. The van der Waals surface area contributed by atoms with Crippen molar-refractivity contribution in [3.63, 3.8) is 0 Å². The van der Waals surface area contributed by atoms with Crippen LogP contribution in [0.15, 0.2) is 19.0 Å². The number of aryl methyl sites for hydroxylation is 2. The van der Waals surface area contributed by atoms with Crippen LogP contribution in [0.5, 0.6) is 0 Å².